The topological polar surface area (TPSA) is 120 Å². The number of halogens is 1. The van der Waals surface area contributed by atoms with Gasteiger partial charge in [0.25, 0.3) is 11.8 Å². The van der Waals surface area contributed by atoms with Gasteiger partial charge < -0.3 is 23.2 Å². The number of amides is 2. The summed E-state index contributed by atoms with van der Waals surface area (Å²) < 4.78 is 39.0. The first-order valence-corrected chi connectivity index (χ1v) is 13.1. The maximum atomic E-state index is 12.0. The van der Waals surface area contributed by atoms with Crippen LogP contribution < -0.4 is 25.6 Å². The number of hydrogen-bond donors (Lipinski definition) is 2. The lowest BCUT2D eigenvalue weighted by Crippen LogP contribution is -2.38. The standard InChI is InChI=1S/C22H26BIN2O7S/c1-15-3-4-17(11-20(15)23)32-13-21(27)25-10-9-18(33-24)12-26-22(28)14-31-16-5-7-19(8-6-16)34(2,29)30/h3-8,11,18H,9-10,12-14H2,1-2H3,(H,25,27)(H,26,28). The highest BCUT2D eigenvalue weighted by Gasteiger charge is 2.13. The van der Waals surface area contributed by atoms with Gasteiger partial charge in [-0.1, -0.05) is 17.1 Å². The van der Waals surface area contributed by atoms with E-state index in [-0.39, 0.29) is 42.6 Å². The van der Waals surface area contributed by atoms with Gasteiger partial charge >= 0.3 is 0 Å². The minimum atomic E-state index is -3.29. The van der Waals surface area contributed by atoms with Crippen LogP contribution in [0.4, 0.5) is 0 Å². The Balaban J connectivity index is 1.64. The van der Waals surface area contributed by atoms with Gasteiger partial charge in [-0.25, -0.2) is 8.42 Å². The summed E-state index contributed by atoms with van der Waals surface area (Å²) in [5.41, 5.74) is 1.53. The highest BCUT2D eigenvalue weighted by atomic mass is 127. The van der Waals surface area contributed by atoms with E-state index in [1.807, 2.05) is 13.0 Å². The molecule has 12 heteroatoms. The van der Waals surface area contributed by atoms with E-state index in [4.69, 9.17) is 20.4 Å². The first-order chi connectivity index (χ1) is 16.1. The molecule has 2 aromatic rings. The summed E-state index contributed by atoms with van der Waals surface area (Å²) >= 11 is 1.74. The van der Waals surface area contributed by atoms with Crippen molar-refractivity contribution in [1.29, 1.82) is 0 Å². The number of hydrogen-bond acceptors (Lipinski definition) is 7. The third kappa shape index (κ3) is 9.89. The Hall–Kier alpha value is -2.32. The molecule has 0 aliphatic rings. The number of ether oxygens (including phenoxy) is 2. The molecule has 0 heterocycles. The second-order valence-corrected chi connectivity index (χ2v) is 10.0. The fraction of sp³-hybridized carbons (Fsp3) is 0.364. The molecule has 182 valence electrons. The molecule has 2 amide bonds. The molecule has 1 unspecified atom stereocenters. The Morgan fingerprint density at radius 1 is 1.00 bits per heavy atom. The first kappa shape index (κ1) is 27.9. The second kappa shape index (κ2) is 13.5. The van der Waals surface area contributed by atoms with Crippen molar-refractivity contribution in [2.24, 2.45) is 0 Å². The lowest BCUT2D eigenvalue weighted by molar-refractivity contribution is -0.124. The predicted molar refractivity (Wildman–Crippen MR) is 137 cm³/mol. The van der Waals surface area contributed by atoms with Crippen LogP contribution in [0.1, 0.15) is 12.0 Å². The lowest BCUT2D eigenvalue weighted by Gasteiger charge is -2.15. The number of aryl methyl sites for hydroxylation is 1. The van der Waals surface area contributed by atoms with E-state index < -0.39 is 9.84 Å². The number of nitrogens with one attached hydrogen (secondary N) is 2. The first-order valence-electron chi connectivity index (χ1n) is 10.3. The Labute approximate surface area is 214 Å². The van der Waals surface area contributed by atoms with Crippen molar-refractivity contribution in [3.05, 3.63) is 48.0 Å². The van der Waals surface area contributed by atoms with Gasteiger partial charge in [-0.15, -0.1) is 0 Å². The van der Waals surface area contributed by atoms with Gasteiger partial charge in [-0.05, 0) is 49.7 Å². The molecule has 0 saturated heterocycles. The summed E-state index contributed by atoms with van der Waals surface area (Å²) in [6.07, 6.45) is 1.26. The van der Waals surface area contributed by atoms with E-state index in [9.17, 15) is 18.0 Å². The van der Waals surface area contributed by atoms with Crippen LogP contribution >= 0.6 is 23.0 Å². The number of benzene rings is 2. The Morgan fingerprint density at radius 3 is 2.18 bits per heavy atom. The average molecular weight is 600 g/mol. The summed E-state index contributed by atoms with van der Waals surface area (Å²) in [5.74, 6) is 0.247. The zero-order valence-corrected chi connectivity index (χ0v) is 21.8. The number of carbonyl (C=O) groups is 2. The van der Waals surface area contributed by atoms with Crippen molar-refractivity contribution < 1.29 is 30.5 Å². The molecule has 1 atom stereocenters. The molecular weight excluding hydrogens is 574 g/mol. The van der Waals surface area contributed by atoms with Crippen LogP contribution in [-0.4, -0.2) is 66.7 Å². The number of rotatable bonds is 13. The molecule has 0 spiro atoms. The van der Waals surface area contributed by atoms with E-state index >= 15 is 0 Å². The minimum Gasteiger partial charge on any atom is -0.484 e. The molecule has 0 saturated carbocycles. The molecular formula is C22H26BIN2O7S. The Morgan fingerprint density at radius 2 is 1.59 bits per heavy atom. The highest BCUT2D eigenvalue weighted by Crippen LogP contribution is 2.15. The normalized spacial score (nSPS) is 12.0. The third-order valence-corrected chi connectivity index (χ3v) is 6.53. The summed E-state index contributed by atoms with van der Waals surface area (Å²) in [5, 5.41) is 5.43. The van der Waals surface area contributed by atoms with Crippen molar-refractivity contribution in [3.8, 4) is 11.5 Å². The molecule has 34 heavy (non-hydrogen) atoms. The summed E-state index contributed by atoms with van der Waals surface area (Å²) in [6, 6.07) is 11.0. The summed E-state index contributed by atoms with van der Waals surface area (Å²) in [6.45, 7) is 2.08. The van der Waals surface area contributed by atoms with Crippen LogP contribution in [0.3, 0.4) is 0 Å². The van der Waals surface area contributed by atoms with Gasteiger partial charge in [0.05, 0.1) is 11.0 Å². The van der Waals surface area contributed by atoms with Crippen molar-refractivity contribution in [2.75, 3.05) is 32.6 Å². The van der Waals surface area contributed by atoms with Crippen LogP contribution in [0.5, 0.6) is 11.5 Å². The number of carbonyl (C=O) groups excluding carboxylic acids is 2. The summed E-state index contributed by atoms with van der Waals surface area (Å²) in [7, 11) is 2.53. The molecule has 0 bridgehead atoms. The minimum absolute atomic E-state index is 0.141. The van der Waals surface area contributed by atoms with Crippen LogP contribution in [0.2, 0.25) is 0 Å². The average Bonchev–Trinajstić information content (AvgIpc) is 2.80. The van der Waals surface area contributed by atoms with Gasteiger partial charge in [-0.2, -0.15) is 0 Å². The summed E-state index contributed by atoms with van der Waals surface area (Å²) in [4.78, 5) is 24.2. The van der Waals surface area contributed by atoms with E-state index in [0.29, 0.717) is 29.9 Å². The number of sulfone groups is 1. The predicted octanol–water partition coefficient (Wildman–Crippen LogP) is 1.01. The third-order valence-electron chi connectivity index (χ3n) is 4.68. The molecule has 2 aromatic carbocycles. The fourth-order valence-corrected chi connectivity index (χ4v) is 3.73. The molecule has 0 aliphatic carbocycles. The quantitative estimate of drug-likeness (QED) is 0.260. The highest BCUT2D eigenvalue weighted by molar-refractivity contribution is 14.1. The molecule has 0 aromatic heterocycles. The van der Waals surface area contributed by atoms with Crippen LogP contribution in [0.15, 0.2) is 47.4 Å². The van der Waals surface area contributed by atoms with Crippen molar-refractivity contribution in [1.82, 2.24) is 10.6 Å². The molecule has 2 rings (SSSR count). The van der Waals surface area contributed by atoms with E-state index in [2.05, 4.69) is 10.6 Å². The van der Waals surface area contributed by atoms with Crippen molar-refractivity contribution in [3.63, 3.8) is 0 Å². The largest absolute Gasteiger partial charge is 0.484 e. The van der Waals surface area contributed by atoms with E-state index in [1.54, 1.807) is 35.1 Å². The smallest absolute Gasteiger partial charge is 0.258 e. The van der Waals surface area contributed by atoms with E-state index in [0.717, 1.165) is 11.8 Å². The zero-order chi connectivity index (χ0) is 25.1. The van der Waals surface area contributed by atoms with Gasteiger partial charge in [0.1, 0.15) is 42.4 Å². The molecule has 9 nitrogen and oxygen atoms in total. The van der Waals surface area contributed by atoms with Gasteiger partial charge in [0.15, 0.2) is 23.1 Å². The van der Waals surface area contributed by atoms with Gasteiger partial charge in [0, 0.05) is 19.3 Å². The monoisotopic (exact) mass is 600 g/mol. The van der Waals surface area contributed by atoms with Crippen molar-refractivity contribution >= 4 is 58.0 Å². The molecule has 2 N–H and O–H groups in total. The fourth-order valence-electron chi connectivity index (χ4n) is 2.67. The Kier molecular flexibility index (Phi) is 11.1. The van der Waals surface area contributed by atoms with E-state index in [1.165, 1.54) is 24.3 Å². The zero-order valence-electron chi connectivity index (χ0n) is 18.9. The maximum Gasteiger partial charge on any atom is 0.258 e. The van der Waals surface area contributed by atoms with Crippen LogP contribution in [0, 0.1) is 6.92 Å². The lowest BCUT2D eigenvalue weighted by atomic mass is 9.91. The second-order valence-electron chi connectivity index (χ2n) is 7.49. The molecule has 0 aliphatic heterocycles. The molecule has 0 fully saturated rings. The van der Waals surface area contributed by atoms with Gasteiger partial charge in [-0.3, -0.25) is 9.59 Å². The molecule has 2 radical (unpaired) electrons. The maximum absolute atomic E-state index is 12.0. The van der Waals surface area contributed by atoms with Crippen LogP contribution in [-0.2, 0) is 22.5 Å². The Bertz CT molecular complexity index is 1080. The van der Waals surface area contributed by atoms with Crippen molar-refractivity contribution in [2.45, 2.75) is 24.3 Å². The SMILES string of the molecule is [B]c1cc(OCC(=O)NCCC(CNC(=O)COc2ccc(S(C)(=O)=O)cc2)OI)ccc1C. The van der Waals surface area contributed by atoms with Crippen LogP contribution in [0.25, 0.3) is 0 Å². The van der Waals surface area contributed by atoms with Gasteiger partial charge in [0.2, 0.25) is 0 Å².